The number of fused-ring (bicyclic) bond motifs is 1. The van der Waals surface area contributed by atoms with E-state index in [1.165, 1.54) is 27.6 Å². The van der Waals surface area contributed by atoms with Crippen molar-refractivity contribution in [1.29, 1.82) is 0 Å². The Morgan fingerprint density at radius 2 is 1.90 bits per heavy atom. The molecule has 4 rings (SSSR count). The van der Waals surface area contributed by atoms with Gasteiger partial charge in [0.05, 0.1) is 12.4 Å². The molecule has 0 unspecified atom stereocenters. The van der Waals surface area contributed by atoms with Gasteiger partial charge in [-0.1, -0.05) is 36.0 Å². The number of thioether (sulfide) groups is 1. The Hall–Kier alpha value is -3.00. The summed E-state index contributed by atoms with van der Waals surface area (Å²) in [6.45, 7) is 3.95. The Morgan fingerprint density at radius 3 is 2.66 bits per heavy atom. The Kier molecular flexibility index (Phi) is 5.71. The van der Waals surface area contributed by atoms with Crippen LogP contribution in [0.2, 0.25) is 0 Å². The van der Waals surface area contributed by atoms with Gasteiger partial charge in [-0.2, -0.15) is 0 Å². The average Bonchev–Trinajstić information content (AvgIpc) is 3.12. The van der Waals surface area contributed by atoms with Gasteiger partial charge >= 0.3 is 0 Å². The molecule has 0 fully saturated rings. The van der Waals surface area contributed by atoms with Crippen LogP contribution in [-0.2, 0) is 17.8 Å². The molecule has 2 heterocycles. The third-order valence-corrected chi connectivity index (χ3v) is 5.82. The lowest BCUT2D eigenvalue weighted by atomic mass is 10.00. The first-order chi connectivity index (χ1) is 14.2. The van der Waals surface area contributed by atoms with Crippen LogP contribution in [0.4, 0.5) is 0 Å². The molecule has 8 heteroatoms. The number of nitrogen functional groups attached to an aromatic ring is 1. The highest BCUT2D eigenvalue weighted by atomic mass is 32.2. The summed E-state index contributed by atoms with van der Waals surface area (Å²) < 4.78 is 6.89. The minimum absolute atomic E-state index is 0.0788. The standard InChI is InChI=1S/C21H23N5O2S/c1-2-28-18-9-7-16(8-10-18)20-23-24-21(26(20)22)29-14-19(27)25-12-11-15-5-3-4-6-17(15)13-25/h3-10H,2,11-14,22H2,1H3. The van der Waals surface area contributed by atoms with E-state index in [0.29, 0.717) is 24.1 Å². The highest BCUT2D eigenvalue weighted by Gasteiger charge is 2.21. The van der Waals surface area contributed by atoms with Crippen molar-refractivity contribution in [2.45, 2.75) is 25.0 Å². The Balaban J connectivity index is 1.39. The van der Waals surface area contributed by atoms with Crippen LogP contribution >= 0.6 is 11.8 Å². The quantitative estimate of drug-likeness (QED) is 0.498. The fourth-order valence-corrected chi connectivity index (χ4v) is 4.12. The number of ether oxygens (including phenoxy) is 1. The molecule has 29 heavy (non-hydrogen) atoms. The third-order valence-electron chi connectivity index (χ3n) is 4.90. The Bertz CT molecular complexity index is 1000. The van der Waals surface area contributed by atoms with Gasteiger partial charge in [-0.15, -0.1) is 10.2 Å². The zero-order valence-corrected chi connectivity index (χ0v) is 17.1. The molecule has 0 aliphatic carbocycles. The molecule has 0 saturated carbocycles. The Morgan fingerprint density at radius 1 is 1.14 bits per heavy atom. The van der Waals surface area contributed by atoms with Crippen LogP contribution in [0.1, 0.15) is 18.1 Å². The topological polar surface area (TPSA) is 86.3 Å². The highest BCUT2D eigenvalue weighted by Crippen LogP contribution is 2.25. The van der Waals surface area contributed by atoms with Crippen molar-refractivity contribution in [3.63, 3.8) is 0 Å². The van der Waals surface area contributed by atoms with Crippen LogP contribution < -0.4 is 10.6 Å². The number of amides is 1. The molecular formula is C21H23N5O2S. The predicted octanol–water partition coefficient (Wildman–Crippen LogP) is 2.73. The number of aromatic nitrogens is 3. The van der Waals surface area contributed by atoms with Crippen LogP contribution in [0.3, 0.4) is 0 Å². The molecule has 1 amide bonds. The summed E-state index contributed by atoms with van der Waals surface area (Å²) in [5.41, 5.74) is 3.39. The van der Waals surface area contributed by atoms with Crippen molar-refractivity contribution in [2.75, 3.05) is 24.7 Å². The number of carbonyl (C=O) groups is 1. The monoisotopic (exact) mass is 409 g/mol. The van der Waals surface area contributed by atoms with E-state index in [0.717, 1.165) is 24.3 Å². The molecule has 3 aromatic rings. The number of rotatable bonds is 6. The first kappa shape index (κ1) is 19.3. The highest BCUT2D eigenvalue weighted by molar-refractivity contribution is 7.99. The summed E-state index contributed by atoms with van der Waals surface area (Å²) >= 11 is 1.31. The van der Waals surface area contributed by atoms with E-state index in [9.17, 15) is 4.79 Å². The predicted molar refractivity (Wildman–Crippen MR) is 113 cm³/mol. The number of nitrogens with two attached hydrogens (primary N) is 1. The number of carbonyl (C=O) groups excluding carboxylic acids is 1. The molecule has 1 aliphatic rings. The second-order valence-corrected chi connectivity index (χ2v) is 7.70. The third kappa shape index (κ3) is 4.22. The molecule has 0 saturated heterocycles. The smallest absolute Gasteiger partial charge is 0.233 e. The van der Waals surface area contributed by atoms with Crippen LogP contribution in [0, 0.1) is 0 Å². The van der Waals surface area contributed by atoms with E-state index >= 15 is 0 Å². The van der Waals surface area contributed by atoms with Crippen LogP contribution in [0.15, 0.2) is 53.7 Å². The van der Waals surface area contributed by atoms with Gasteiger partial charge in [0.25, 0.3) is 0 Å². The molecular weight excluding hydrogens is 386 g/mol. The summed E-state index contributed by atoms with van der Waals surface area (Å²) in [6, 6.07) is 15.8. The van der Waals surface area contributed by atoms with Gasteiger partial charge in [0, 0.05) is 18.7 Å². The molecule has 2 aromatic carbocycles. The van der Waals surface area contributed by atoms with E-state index in [-0.39, 0.29) is 11.7 Å². The van der Waals surface area contributed by atoms with E-state index < -0.39 is 0 Å². The number of hydrogen-bond acceptors (Lipinski definition) is 6. The van der Waals surface area contributed by atoms with Crippen LogP contribution in [0.25, 0.3) is 11.4 Å². The minimum atomic E-state index is 0.0788. The van der Waals surface area contributed by atoms with Gasteiger partial charge in [-0.25, -0.2) is 4.68 Å². The molecule has 0 spiro atoms. The van der Waals surface area contributed by atoms with E-state index in [1.54, 1.807) is 0 Å². The lowest BCUT2D eigenvalue weighted by Crippen LogP contribution is -2.37. The zero-order valence-electron chi connectivity index (χ0n) is 16.2. The maximum absolute atomic E-state index is 12.7. The van der Waals surface area contributed by atoms with E-state index in [1.807, 2.05) is 48.2 Å². The number of nitrogens with zero attached hydrogens (tertiary/aromatic N) is 4. The SMILES string of the molecule is CCOc1ccc(-c2nnc(SCC(=O)N3CCc4ccccc4C3)n2N)cc1. The van der Waals surface area contributed by atoms with Gasteiger partial charge in [0.15, 0.2) is 5.82 Å². The molecule has 7 nitrogen and oxygen atoms in total. The molecule has 0 bridgehead atoms. The Labute approximate surface area is 173 Å². The van der Waals surface area contributed by atoms with Gasteiger partial charge in [0.2, 0.25) is 11.1 Å². The molecule has 2 N–H and O–H groups in total. The molecule has 0 atom stereocenters. The first-order valence-electron chi connectivity index (χ1n) is 9.56. The van der Waals surface area contributed by atoms with Crippen LogP contribution in [0.5, 0.6) is 5.75 Å². The molecule has 150 valence electrons. The molecule has 1 aliphatic heterocycles. The maximum atomic E-state index is 12.7. The van der Waals surface area contributed by atoms with Crippen molar-refractivity contribution in [2.24, 2.45) is 0 Å². The summed E-state index contributed by atoms with van der Waals surface area (Å²) in [6.07, 6.45) is 0.890. The summed E-state index contributed by atoms with van der Waals surface area (Å²) in [4.78, 5) is 14.6. The normalized spacial score (nSPS) is 13.2. The van der Waals surface area contributed by atoms with Gasteiger partial charge in [-0.3, -0.25) is 4.79 Å². The largest absolute Gasteiger partial charge is 0.494 e. The van der Waals surface area contributed by atoms with E-state index in [2.05, 4.69) is 22.3 Å². The number of benzene rings is 2. The first-order valence-corrected chi connectivity index (χ1v) is 10.6. The fraction of sp³-hybridized carbons (Fsp3) is 0.286. The average molecular weight is 410 g/mol. The second-order valence-electron chi connectivity index (χ2n) is 6.76. The summed E-state index contributed by atoms with van der Waals surface area (Å²) in [7, 11) is 0. The van der Waals surface area contributed by atoms with Crippen molar-refractivity contribution in [3.8, 4) is 17.1 Å². The van der Waals surface area contributed by atoms with Crippen molar-refractivity contribution >= 4 is 17.7 Å². The van der Waals surface area contributed by atoms with E-state index in [4.69, 9.17) is 10.6 Å². The van der Waals surface area contributed by atoms with Gasteiger partial charge in [-0.05, 0) is 48.7 Å². The lowest BCUT2D eigenvalue weighted by molar-refractivity contribution is -0.129. The molecule has 0 radical (unpaired) electrons. The molecule has 1 aromatic heterocycles. The maximum Gasteiger partial charge on any atom is 0.233 e. The van der Waals surface area contributed by atoms with Gasteiger partial charge in [0.1, 0.15) is 5.75 Å². The summed E-state index contributed by atoms with van der Waals surface area (Å²) in [5.74, 6) is 7.88. The second kappa shape index (κ2) is 8.57. The van der Waals surface area contributed by atoms with Crippen molar-refractivity contribution < 1.29 is 9.53 Å². The fourth-order valence-electron chi connectivity index (χ4n) is 3.37. The van der Waals surface area contributed by atoms with Crippen molar-refractivity contribution in [3.05, 3.63) is 59.7 Å². The van der Waals surface area contributed by atoms with Crippen molar-refractivity contribution in [1.82, 2.24) is 19.8 Å². The van der Waals surface area contributed by atoms with Crippen LogP contribution in [-0.4, -0.2) is 44.6 Å². The zero-order chi connectivity index (χ0) is 20.2. The minimum Gasteiger partial charge on any atom is -0.494 e. The number of hydrogen-bond donors (Lipinski definition) is 1. The van der Waals surface area contributed by atoms with Gasteiger partial charge < -0.3 is 15.5 Å². The lowest BCUT2D eigenvalue weighted by Gasteiger charge is -2.28. The summed E-state index contributed by atoms with van der Waals surface area (Å²) in [5, 5.41) is 8.85.